The van der Waals surface area contributed by atoms with Gasteiger partial charge in [-0.1, -0.05) is 43.3 Å². The van der Waals surface area contributed by atoms with Crippen molar-refractivity contribution in [2.24, 2.45) is 5.92 Å². The average Bonchev–Trinajstić information content (AvgIpc) is 3.52. The summed E-state index contributed by atoms with van der Waals surface area (Å²) in [7, 11) is 0. The predicted octanol–water partition coefficient (Wildman–Crippen LogP) is 3.99. The Morgan fingerprint density at radius 1 is 1.03 bits per heavy atom. The molecular weight excluding hydrogens is 404 g/mol. The maximum Gasteiger partial charge on any atom is 0.232 e. The third kappa shape index (κ3) is 4.54. The van der Waals surface area contributed by atoms with E-state index in [-0.39, 0.29) is 17.7 Å². The van der Waals surface area contributed by atoms with Gasteiger partial charge < -0.3 is 9.42 Å². The van der Waals surface area contributed by atoms with E-state index in [9.17, 15) is 4.79 Å². The Balaban J connectivity index is 1.33. The van der Waals surface area contributed by atoms with Crippen LogP contribution in [0.15, 0.2) is 47.6 Å². The fourth-order valence-corrected chi connectivity index (χ4v) is 5.06. The zero-order chi connectivity index (χ0) is 21.8. The summed E-state index contributed by atoms with van der Waals surface area (Å²) in [4.78, 5) is 32.3. The minimum Gasteiger partial charge on any atom is -0.341 e. The molecule has 3 aromatic rings. The van der Waals surface area contributed by atoms with Crippen molar-refractivity contribution in [3.63, 3.8) is 0 Å². The lowest BCUT2D eigenvalue weighted by Crippen LogP contribution is -2.29. The first-order chi connectivity index (χ1) is 15.8. The van der Waals surface area contributed by atoms with Gasteiger partial charge in [0.25, 0.3) is 0 Å². The fraction of sp³-hybridized carbons (Fsp3) is 0.500. The predicted molar refractivity (Wildman–Crippen MR) is 117 cm³/mol. The van der Waals surface area contributed by atoms with Crippen LogP contribution in [-0.4, -0.2) is 49.0 Å². The summed E-state index contributed by atoms with van der Waals surface area (Å²) in [6.45, 7) is 1.22. The number of amides is 1. The first kappa shape index (κ1) is 20.7. The molecule has 1 amide bonds. The molecule has 1 saturated carbocycles. The van der Waals surface area contributed by atoms with E-state index in [4.69, 9.17) is 4.52 Å². The molecule has 2 fully saturated rings. The topological polar surface area (TPSA) is 97.9 Å². The SMILES string of the molecule is O=C(CCC1CCCCC1)N1CC(c2cccnc2)C(c2nc(-c3cnccn3)no2)C1. The van der Waals surface area contributed by atoms with Crippen molar-refractivity contribution >= 4 is 5.91 Å². The molecule has 0 radical (unpaired) electrons. The molecule has 0 spiro atoms. The first-order valence-electron chi connectivity index (χ1n) is 11.6. The second kappa shape index (κ2) is 9.54. The van der Waals surface area contributed by atoms with Gasteiger partial charge in [0.15, 0.2) is 0 Å². The van der Waals surface area contributed by atoms with E-state index in [0.29, 0.717) is 42.8 Å². The standard InChI is InChI=1S/C24H28N6O2/c31-22(9-8-17-5-2-1-3-6-17)30-15-19(18-7-4-10-25-13-18)20(16-30)24-28-23(29-32-24)21-14-26-11-12-27-21/h4,7,10-14,17,19-20H,1-3,5-6,8-9,15-16H2. The quantitative estimate of drug-likeness (QED) is 0.581. The smallest absolute Gasteiger partial charge is 0.232 e. The van der Waals surface area contributed by atoms with Crippen LogP contribution in [0.2, 0.25) is 0 Å². The van der Waals surface area contributed by atoms with Crippen LogP contribution >= 0.6 is 0 Å². The van der Waals surface area contributed by atoms with Crippen molar-refractivity contribution in [3.05, 3.63) is 54.6 Å². The number of nitrogens with zero attached hydrogens (tertiary/aromatic N) is 6. The lowest BCUT2D eigenvalue weighted by atomic mass is 9.86. The van der Waals surface area contributed by atoms with Crippen LogP contribution in [0.4, 0.5) is 0 Å². The second-order valence-electron chi connectivity index (χ2n) is 8.89. The van der Waals surface area contributed by atoms with Gasteiger partial charge >= 0.3 is 0 Å². The molecule has 4 heterocycles. The van der Waals surface area contributed by atoms with Crippen molar-refractivity contribution in [2.75, 3.05) is 13.1 Å². The number of hydrogen-bond donors (Lipinski definition) is 0. The molecule has 3 aromatic heterocycles. The monoisotopic (exact) mass is 432 g/mol. The Bertz CT molecular complexity index is 1020. The van der Waals surface area contributed by atoms with Crippen LogP contribution in [0.5, 0.6) is 0 Å². The molecule has 0 bridgehead atoms. The summed E-state index contributed by atoms with van der Waals surface area (Å²) in [6.07, 6.45) is 16.5. The summed E-state index contributed by atoms with van der Waals surface area (Å²) < 4.78 is 5.65. The summed E-state index contributed by atoms with van der Waals surface area (Å²) in [5.74, 6) is 1.86. The number of likely N-dealkylation sites (tertiary alicyclic amines) is 1. The zero-order valence-electron chi connectivity index (χ0n) is 18.1. The fourth-order valence-electron chi connectivity index (χ4n) is 5.06. The Labute approximate surface area is 187 Å². The van der Waals surface area contributed by atoms with Crippen LogP contribution in [0.3, 0.4) is 0 Å². The van der Waals surface area contributed by atoms with E-state index in [0.717, 1.165) is 12.0 Å². The molecule has 166 valence electrons. The van der Waals surface area contributed by atoms with Crippen molar-refractivity contribution < 1.29 is 9.32 Å². The Morgan fingerprint density at radius 2 is 1.88 bits per heavy atom. The van der Waals surface area contributed by atoms with Crippen LogP contribution in [0.1, 0.15) is 68.2 Å². The summed E-state index contributed by atoms with van der Waals surface area (Å²) in [5.41, 5.74) is 1.65. The van der Waals surface area contributed by atoms with Crippen molar-refractivity contribution in [1.82, 2.24) is 30.0 Å². The van der Waals surface area contributed by atoms with E-state index in [1.165, 1.54) is 32.1 Å². The first-order valence-corrected chi connectivity index (χ1v) is 11.6. The summed E-state index contributed by atoms with van der Waals surface area (Å²) in [5, 5.41) is 4.12. The maximum atomic E-state index is 13.1. The normalized spacial score (nSPS) is 21.7. The second-order valence-corrected chi connectivity index (χ2v) is 8.89. The van der Waals surface area contributed by atoms with Gasteiger partial charge in [0.05, 0.1) is 12.1 Å². The molecule has 0 aromatic carbocycles. The average molecular weight is 433 g/mol. The number of rotatable bonds is 6. The zero-order valence-corrected chi connectivity index (χ0v) is 18.1. The maximum absolute atomic E-state index is 13.1. The van der Waals surface area contributed by atoms with E-state index in [2.05, 4.69) is 31.2 Å². The lowest BCUT2D eigenvalue weighted by Gasteiger charge is -2.22. The molecule has 0 N–H and O–H groups in total. The molecule has 32 heavy (non-hydrogen) atoms. The summed E-state index contributed by atoms with van der Waals surface area (Å²) in [6, 6.07) is 3.99. The third-order valence-corrected chi connectivity index (χ3v) is 6.83. The number of hydrogen-bond acceptors (Lipinski definition) is 7. The highest BCUT2D eigenvalue weighted by Gasteiger charge is 2.40. The number of carbonyl (C=O) groups is 1. The molecule has 2 unspecified atom stereocenters. The number of pyridine rings is 1. The van der Waals surface area contributed by atoms with Gasteiger partial charge in [0, 0.05) is 50.2 Å². The van der Waals surface area contributed by atoms with Crippen molar-refractivity contribution in [1.29, 1.82) is 0 Å². The lowest BCUT2D eigenvalue weighted by molar-refractivity contribution is -0.130. The van der Waals surface area contributed by atoms with E-state index in [1.54, 1.807) is 24.8 Å². The Kier molecular flexibility index (Phi) is 6.18. The van der Waals surface area contributed by atoms with Gasteiger partial charge in [-0.25, -0.2) is 4.98 Å². The molecule has 1 saturated heterocycles. The van der Waals surface area contributed by atoms with Gasteiger partial charge in [-0.15, -0.1) is 0 Å². The van der Waals surface area contributed by atoms with E-state index >= 15 is 0 Å². The largest absolute Gasteiger partial charge is 0.341 e. The van der Waals surface area contributed by atoms with Crippen molar-refractivity contribution in [3.8, 4) is 11.5 Å². The molecule has 1 aliphatic heterocycles. The highest BCUT2D eigenvalue weighted by atomic mass is 16.5. The minimum atomic E-state index is -0.0734. The van der Waals surface area contributed by atoms with E-state index < -0.39 is 0 Å². The van der Waals surface area contributed by atoms with Gasteiger partial charge in [-0.3, -0.25) is 14.8 Å². The Morgan fingerprint density at radius 3 is 2.66 bits per heavy atom. The Hall–Kier alpha value is -3.16. The third-order valence-electron chi connectivity index (χ3n) is 6.83. The molecule has 2 atom stereocenters. The number of aromatic nitrogens is 5. The number of carbonyl (C=O) groups excluding carboxylic acids is 1. The molecule has 2 aliphatic rings. The molecule has 1 aliphatic carbocycles. The summed E-state index contributed by atoms with van der Waals surface area (Å²) >= 11 is 0. The van der Waals surface area contributed by atoms with Crippen LogP contribution in [0, 0.1) is 5.92 Å². The van der Waals surface area contributed by atoms with Gasteiger partial charge in [0.1, 0.15) is 5.69 Å². The van der Waals surface area contributed by atoms with Crippen LogP contribution in [-0.2, 0) is 4.79 Å². The highest BCUT2D eigenvalue weighted by Crippen LogP contribution is 2.39. The van der Waals surface area contributed by atoms with E-state index in [1.807, 2.05) is 17.2 Å². The van der Waals surface area contributed by atoms with Crippen molar-refractivity contribution in [2.45, 2.75) is 56.8 Å². The van der Waals surface area contributed by atoms with Gasteiger partial charge in [-0.2, -0.15) is 4.98 Å². The molecule has 8 heteroatoms. The minimum absolute atomic E-state index is 0.0671. The van der Waals surface area contributed by atoms with Gasteiger partial charge in [0.2, 0.25) is 17.6 Å². The van der Waals surface area contributed by atoms with Crippen LogP contribution < -0.4 is 0 Å². The highest BCUT2D eigenvalue weighted by molar-refractivity contribution is 5.76. The van der Waals surface area contributed by atoms with Crippen LogP contribution in [0.25, 0.3) is 11.5 Å². The molecule has 8 nitrogen and oxygen atoms in total. The van der Waals surface area contributed by atoms with Gasteiger partial charge in [-0.05, 0) is 24.0 Å². The molecule has 5 rings (SSSR count). The molecular formula is C24H28N6O2.